The average molecular weight is 340 g/mol. The van der Waals surface area contributed by atoms with Crippen LogP contribution in [0.5, 0.6) is 0 Å². The Hall–Kier alpha value is -0.990. The van der Waals surface area contributed by atoms with Gasteiger partial charge in [-0.15, -0.1) is 0 Å². The highest BCUT2D eigenvalue weighted by Crippen LogP contribution is 2.12. The summed E-state index contributed by atoms with van der Waals surface area (Å²) in [5.74, 6) is -0.320. The number of carbonyl (C=O) groups excluding carboxylic acids is 1. The summed E-state index contributed by atoms with van der Waals surface area (Å²) in [4.78, 5) is 10.7. The van der Waals surface area contributed by atoms with Gasteiger partial charge >= 0.3 is 5.97 Å². The van der Waals surface area contributed by atoms with Gasteiger partial charge in [0.2, 0.25) is 0 Å². The lowest BCUT2D eigenvalue weighted by atomic mass is 10.0. The topological polar surface area (TPSA) is 35.5 Å². The first-order valence-corrected chi connectivity index (χ1v) is 9.93. The zero-order valence-electron chi connectivity index (χ0n) is 16.1. The SMILES string of the molecule is [CH2]C(COC=CCCCCCCCCCCCCCC)OC(C)=O. The smallest absolute Gasteiger partial charge is 0.303 e. The van der Waals surface area contributed by atoms with Gasteiger partial charge in [-0.05, 0) is 25.8 Å². The molecule has 0 N–H and O–H groups in total. The van der Waals surface area contributed by atoms with E-state index < -0.39 is 6.10 Å². The molecule has 0 aliphatic heterocycles. The predicted octanol–water partition coefficient (Wildman–Crippen LogP) is 6.37. The Morgan fingerprint density at radius 3 is 1.92 bits per heavy atom. The Bertz CT molecular complexity index is 299. The van der Waals surface area contributed by atoms with E-state index in [-0.39, 0.29) is 5.97 Å². The molecule has 0 rings (SSSR count). The second-order valence-corrected chi connectivity index (χ2v) is 6.61. The molecule has 0 amide bonds. The standard InChI is InChI=1S/C21H39O3/c1-4-5-6-7-8-9-10-11-12-13-14-15-16-17-18-23-19-20(2)24-21(3)22/h17-18,20H,2,4-16,19H2,1,3H3. The Morgan fingerprint density at radius 1 is 0.917 bits per heavy atom. The van der Waals surface area contributed by atoms with Gasteiger partial charge in [-0.25, -0.2) is 0 Å². The van der Waals surface area contributed by atoms with Crippen molar-refractivity contribution < 1.29 is 14.3 Å². The minimum Gasteiger partial charge on any atom is -0.498 e. The number of rotatable bonds is 17. The first-order valence-electron chi connectivity index (χ1n) is 9.93. The first-order chi connectivity index (χ1) is 11.7. The van der Waals surface area contributed by atoms with Gasteiger partial charge in [-0.3, -0.25) is 4.79 Å². The monoisotopic (exact) mass is 339 g/mol. The van der Waals surface area contributed by atoms with Crippen LogP contribution in [0.15, 0.2) is 12.3 Å². The molecular weight excluding hydrogens is 300 g/mol. The van der Waals surface area contributed by atoms with Gasteiger partial charge < -0.3 is 9.47 Å². The third kappa shape index (κ3) is 19.1. The fourth-order valence-corrected chi connectivity index (χ4v) is 2.67. The molecule has 0 aliphatic rings. The van der Waals surface area contributed by atoms with Crippen LogP contribution in [0.3, 0.4) is 0 Å². The summed E-state index contributed by atoms with van der Waals surface area (Å²) in [6.07, 6.45) is 20.8. The lowest BCUT2D eigenvalue weighted by molar-refractivity contribution is -0.145. The zero-order valence-corrected chi connectivity index (χ0v) is 16.1. The third-order valence-corrected chi connectivity index (χ3v) is 4.03. The molecule has 0 aliphatic carbocycles. The number of hydrogen-bond acceptors (Lipinski definition) is 3. The molecular formula is C21H39O3. The molecule has 3 nitrogen and oxygen atoms in total. The molecule has 0 aromatic carbocycles. The van der Waals surface area contributed by atoms with Gasteiger partial charge in [0.05, 0.1) is 6.26 Å². The van der Waals surface area contributed by atoms with E-state index in [0.29, 0.717) is 6.61 Å². The van der Waals surface area contributed by atoms with Crippen LogP contribution in [-0.2, 0) is 14.3 Å². The zero-order chi connectivity index (χ0) is 17.9. The molecule has 1 atom stereocenters. The summed E-state index contributed by atoms with van der Waals surface area (Å²) < 4.78 is 10.1. The van der Waals surface area contributed by atoms with E-state index in [1.165, 1.54) is 84.0 Å². The van der Waals surface area contributed by atoms with Crippen LogP contribution in [-0.4, -0.2) is 18.7 Å². The molecule has 0 aromatic rings. The van der Waals surface area contributed by atoms with Gasteiger partial charge in [0, 0.05) is 6.92 Å². The number of hydrogen-bond donors (Lipinski definition) is 0. The second kappa shape index (κ2) is 18.4. The average Bonchev–Trinajstić information content (AvgIpc) is 2.53. The molecule has 0 bridgehead atoms. The van der Waals surface area contributed by atoms with Crippen LogP contribution < -0.4 is 0 Å². The molecule has 0 saturated carbocycles. The van der Waals surface area contributed by atoms with E-state index in [0.717, 1.165) is 6.42 Å². The molecule has 1 radical (unpaired) electrons. The molecule has 0 fully saturated rings. The van der Waals surface area contributed by atoms with E-state index in [4.69, 9.17) is 9.47 Å². The van der Waals surface area contributed by atoms with Crippen molar-refractivity contribution in [1.82, 2.24) is 0 Å². The predicted molar refractivity (Wildman–Crippen MR) is 102 cm³/mol. The van der Waals surface area contributed by atoms with Crippen LogP contribution in [0, 0.1) is 6.92 Å². The van der Waals surface area contributed by atoms with Crippen molar-refractivity contribution in [3.63, 3.8) is 0 Å². The van der Waals surface area contributed by atoms with E-state index in [1.54, 1.807) is 6.26 Å². The van der Waals surface area contributed by atoms with Crippen molar-refractivity contribution in [3.05, 3.63) is 19.3 Å². The Labute approximate surface area is 150 Å². The van der Waals surface area contributed by atoms with Gasteiger partial charge in [-0.1, -0.05) is 77.6 Å². The minimum absolute atomic E-state index is 0.314. The molecule has 0 saturated heterocycles. The fraction of sp³-hybridized carbons (Fsp3) is 0.810. The maximum Gasteiger partial charge on any atom is 0.303 e. The number of unbranched alkanes of at least 4 members (excludes halogenated alkanes) is 12. The number of esters is 1. The summed E-state index contributed by atoms with van der Waals surface area (Å²) in [5.41, 5.74) is 0. The summed E-state index contributed by atoms with van der Waals surface area (Å²) in [5, 5.41) is 0. The highest BCUT2D eigenvalue weighted by atomic mass is 16.6. The summed E-state index contributed by atoms with van der Waals surface area (Å²) in [7, 11) is 0. The lowest BCUT2D eigenvalue weighted by Crippen LogP contribution is -2.17. The lowest BCUT2D eigenvalue weighted by Gasteiger charge is -2.10. The van der Waals surface area contributed by atoms with Crippen LogP contribution >= 0.6 is 0 Å². The number of carbonyl (C=O) groups is 1. The van der Waals surface area contributed by atoms with Crippen molar-refractivity contribution in [2.75, 3.05) is 6.61 Å². The van der Waals surface area contributed by atoms with Gasteiger partial charge in [0.25, 0.3) is 0 Å². The van der Waals surface area contributed by atoms with Crippen molar-refractivity contribution >= 4 is 5.97 Å². The summed E-state index contributed by atoms with van der Waals surface area (Å²) in [6.45, 7) is 7.64. The molecule has 141 valence electrons. The third-order valence-electron chi connectivity index (χ3n) is 4.03. The highest BCUT2D eigenvalue weighted by molar-refractivity contribution is 5.66. The normalized spacial score (nSPS) is 12.5. The fourth-order valence-electron chi connectivity index (χ4n) is 2.67. The number of allylic oxidation sites excluding steroid dienone is 1. The molecule has 1 unspecified atom stereocenters. The quantitative estimate of drug-likeness (QED) is 0.175. The van der Waals surface area contributed by atoms with E-state index in [2.05, 4.69) is 13.8 Å². The van der Waals surface area contributed by atoms with Crippen LogP contribution in [0.25, 0.3) is 0 Å². The highest BCUT2D eigenvalue weighted by Gasteiger charge is 2.03. The van der Waals surface area contributed by atoms with E-state index in [9.17, 15) is 4.79 Å². The molecule has 3 heteroatoms. The minimum atomic E-state index is -0.432. The Kier molecular flexibility index (Phi) is 17.6. The first kappa shape index (κ1) is 23.0. The number of ether oxygens (including phenoxy) is 2. The molecule has 0 aromatic heterocycles. The second-order valence-electron chi connectivity index (χ2n) is 6.61. The van der Waals surface area contributed by atoms with Crippen LogP contribution in [0.4, 0.5) is 0 Å². The Morgan fingerprint density at radius 2 is 1.42 bits per heavy atom. The van der Waals surface area contributed by atoms with E-state index >= 15 is 0 Å². The largest absolute Gasteiger partial charge is 0.498 e. The molecule has 0 heterocycles. The summed E-state index contributed by atoms with van der Waals surface area (Å²) in [6, 6.07) is 0. The van der Waals surface area contributed by atoms with Gasteiger partial charge in [0.1, 0.15) is 12.7 Å². The van der Waals surface area contributed by atoms with Gasteiger partial charge in [-0.2, -0.15) is 0 Å². The van der Waals surface area contributed by atoms with Crippen molar-refractivity contribution in [3.8, 4) is 0 Å². The Balaban J connectivity index is 3.16. The van der Waals surface area contributed by atoms with E-state index in [1.807, 2.05) is 6.08 Å². The van der Waals surface area contributed by atoms with Crippen molar-refractivity contribution in [2.24, 2.45) is 0 Å². The van der Waals surface area contributed by atoms with Crippen LogP contribution in [0.2, 0.25) is 0 Å². The molecule has 24 heavy (non-hydrogen) atoms. The maximum absolute atomic E-state index is 10.7. The molecule has 0 spiro atoms. The van der Waals surface area contributed by atoms with Crippen molar-refractivity contribution in [1.29, 1.82) is 0 Å². The maximum atomic E-state index is 10.7. The van der Waals surface area contributed by atoms with Crippen molar-refractivity contribution in [2.45, 2.75) is 103 Å². The van der Waals surface area contributed by atoms with Crippen LogP contribution in [0.1, 0.15) is 97.3 Å². The van der Waals surface area contributed by atoms with Gasteiger partial charge in [0.15, 0.2) is 0 Å². The summed E-state index contributed by atoms with van der Waals surface area (Å²) >= 11 is 0.